The van der Waals surface area contributed by atoms with Gasteiger partial charge in [-0.3, -0.25) is 9.59 Å². The van der Waals surface area contributed by atoms with Gasteiger partial charge in [-0.15, -0.1) is 0 Å². The minimum Gasteiger partial charge on any atom is -0.481 e. The van der Waals surface area contributed by atoms with Crippen molar-refractivity contribution in [3.63, 3.8) is 0 Å². The van der Waals surface area contributed by atoms with Crippen molar-refractivity contribution < 1.29 is 14.7 Å². The lowest BCUT2D eigenvalue weighted by Gasteiger charge is -2.00. The molecular weight excluding hydrogens is 272 g/mol. The lowest BCUT2D eigenvalue weighted by Crippen LogP contribution is -2.15. The Morgan fingerprint density at radius 2 is 1.94 bits per heavy atom. The molecule has 16 heavy (non-hydrogen) atoms. The summed E-state index contributed by atoms with van der Waals surface area (Å²) < 4.78 is 0. The highest BCUT2D eigenvalue weighted by molar-refractivity contribution is 9.10. The highest BCUT2D eigenvalue weighted by Crippen LogP contribution is 2.09. The second-order valence-corrected chi connectivity index (χ2v) is 4.32. The Hall–Kier alpha value is -1.42. The van der Waals surface area contributed by atoms with Gasteiger partial charge in [-0.1, -0.05) is 52.3 Å². The molecule has 0 spiro atoms. The zero-order valence-electron chi connectivity index (χ0n) is 8.47. The van der Waals surface area contributed by atoms with Crippen LogP contribution in [0, 0.1) is 0 Å². The lowest BCUT2D eigenvalue weighted by atomic mass is 10.1. The largest absolute Gasteiger partial charge is 0.481 e. The molecule has 0 bridgehead atoms. The second-order valence-electron chi connectivity index (χ2n) is 3.21. The van der Waals surface area contributed by atoms with Crippen molar-refractivity contribution in [1.82, 2.24) is 0 Å². The molecule has 84 valence electrons. The first-order chi connectivity index (χ1) is 7.59. The van der Waals surface area contributed by atoms with Gasteiger partial charge in [0.05, 0.1) is 11.2 Å². The summed E-state index contributed by atoms with van der Waals surface area (Å²) in [7, 11) is 0. The van der Waals surface area contributed by atoms with Crippen LogP contribution in [0.3, 0.4) is 0 Å². The predicted molar refractivity (Wildman–Crippen MR) is 65.5 cm³/mol. The molecule has 0 aliphatic carbocycles. The van der Waals surface area contributed by atoms with E-state index in [1.807, 2.05) is 30.3 Å². The van der Waals surface area contributed by atoms with Crippen molar-refractivity contribution >= 4 is 33.8 Å². The molecule has 0 amide bonds. The molecule has 0 aromatic heterocycles. The number of hydrogen-bond donors (Lipinski definition) is 1. The summed E-state index contributed by atoms with van der Waals surface area (Å²) in [5.41, 5.74) is 0.908. The number of rotatable bonds is 5. The molecule has 3 nitrogen and oxygen atoms in total. The van der Waals surface area contributed by atoms with Crippen LogP contribution in [0.25, 0.3) is 6.08 Å². The number of carbonyl (C=O) groups is 2. The number of alkyl halides is 1. The molecule has 1 unspecified atom stereocenters. The van der Waals surface area contributed by atoms with Crippen LogP contribution < -0.4 is 0 Å². The van der Waals surface area contributed by atoms with Crippen LogP contribution in [0.5, 0.6) is 0 Å². The van der Waals surface area contributed by atoms with Crippen molar-refractivity contribution in [2.45, 2.75) is 11.2 Å². The normalized spacial score (nSPS) is 12.6. The van der Waals surface area contributed by atoms with Crippen molar-refractivity contribution in [2.75, 3.05) is 0 Å². The average molecular weight is 283 g/mol. The summed E-state index contributed by atoms with van der Waals surface area (Å²) in [6, 6.07) is 9.35. The van der Waals surface area contributed by atoms with Gasteiger partial charge in [0.15, 0.2) is 5.78 Å². The van der Waals surface area contributed by atoms with Crippen molar-refractivity contribution in [3.05, 3.63) is 42.0 Å². The van der Waals surface area contributed by atoms with Gasteiger partial charge in [0, 0.05) is 0 Å². The monoisotopic (exact) mass is 282 g/mol. The molecule has 0 heterocycles. The summed E-state index contributed by atoms with van der Waals surface area (Å²) in [6.45, 7) is 0. The van der Waals surface area contributed by atoms with E-state index in [1.165, 1.54) is 6.08 Å². The maximum absolute atomic E-state index is 11.5. The standard InChI is InChI=1S/C12H11BrO3/c13-10(8-12(15)16)11(14)7-6-9-4-2-1-3-5-9/h1-7,10H,8H2,(H,15,16). The van der Waals surface area contributed by atoms with E-state index in [1.54, 1.807) is 6.08 Å². The van der Waals surface area contributed by atoms with E-state index in [-0.39, 0.29) is 12.2 Å². The van der Waals surface area contributed by atoms with Crippen molar-refractivity contribution in [2.24, 2.45) is 0 Å². The fourth-order valence-corrected chi connectivity index (χ4v) is 1.53. The Kier molecular flexibility index (Phi) is 4.92. The third-order valence-electron chi connectivity index (χ3n) is 1.90. The van der Waals surface area contributed by atoms with E-state index in [2.05, 4.69) is 15.9 Å². The molecule has 1 rings (SSSR count). The highest BCUT2D eigenvalue weighted by Gasteiger charge is 2.15. The molecule has 0 aliphatic heterocycles. The smallest absolute Gasteiger partial charge is 0.304 e. The molecule has 0 radical (unpaired) electrons. The number of halogens is 1. The number of allylic oxidation sites excluding steroid dienone is 1. The topological polar surface area (TPSA) is 54.4 Å². The molecular formula is C12H11BrO3. The zero-order chi connectivity index (χ0) is 12.0. The SMILES string of the molecule is O=C(O)CC(Br)C(=O)C=Cc1ccccc1. The van der Waals surface area contributed by atoms with E-state index in [0.29, 0.717) is 0 Å². The molecule has 1 aromatic carbocycles. The molecule has 4 heteroatoms. The molecule has 0 fully saturated rings. The van der Waals surface area contributed by atoms with Gasteiger partial charge in [-0.25, -0.2) is 0 Å². The molecule has 0 aliphatic rings. The van der Waals surface area contributed by atoms with Crippen LogP contribution in [0.2, 0.25) is 0 Å². The first-order valence-corrected chi connectivity index (χ1v) is 5.64. The van der Waals surface area contributed by atoms with E-state index in [9.17, 15) is 9.59 Å². The van der Waals surface area contributed by atoms with Crippen LogP contribution in [0.15, 0.2) is 36.4 Å². The van der Waals surface area contributed by atoms with Crippen LogP contribution in [0.4, 0.5) is 0 Å². The number of aliphatic carboxylic acids is 1. The molecule has 1 atom stereocenters. The van der Waals surface area contributed by atoms with Crippen LogP contribution >= 0.6 is 15.9 Å². The fraction of sp³-hybridized carbons (Fsp3) is 0.167. The van der Waals surface area contributed by atoms with Crippen LogP contribution in [-0.2, 0) is 9.59 Å². The minimum absolute atomic E-state index is 0.210. The van der Waals surface area contributed by atoms with E-state index < -0.39 is 10.8 Å². The maximum Gasteiger partial charge on any atom is 0.304 e. The third-order valence-corrected chi connectivity index (χ3v) is 2.68. The summed E-state index contributed by atoms with van der Waals surface area (Å²) in [5, 5.41) is 8.51. The Balaban J connectivity index is 2.57. The Bertz CT molecular complexity index is 398. The van der Waals surface area contributed by atoms with Crippen molar-refractivity contribution in [1.29, 1.82) is 0 Å². The summed E-state index contributed by atoms with van der Waals surface area (Å²) in [5.74, 6) is -1.24. The highest BCUT2D eigenvalue weighted by atomic mass is 79.9. The van der Waals surface area contributed by atoms with Gasteiger partial charge in [0.2, 0.25) is 0 Å². The number of carbonyl (C=O) groups excluding carboxylic acids is 1. The van der Waals surface area contributed by atoms with E-state index >= 15 is 0 Å². The van der Waals surface area contributed by atoms with Crippen molar-refractivity contribution in [3.8, 4) is 0 Å². The minimum atomic E-state index is -0.997. The average Bonchev–Trinajstić information content (AvgIpc) is 2.26. The van der Waals surface area contributed by atoms with Gasteiger partial charge in [-0.05, 0) is 11.6 Å². The lowest BCUT2D eigenvalue weighted by molar-refractivity contribution is -0.137. The zero-order valence-corrected chi connectivity index (χ0v) is 10.1. The summed E-state index contributed by atoms with van der Waals surface area (Å²) in [4.78, 5) is 21.2. The Morgan fingerprint density at radius 3 is 2.50 bits per heavy atom. The first kappa shape index (κ1) is 12.6. The van der Waals surface area contributed by atoms with Gasteiger partial charge in [0.1, 0.15) is 0 Å². The second kappa shape index (κ2) is 6.23. The van der Waals surface area contributed by atoms with Gasteiger partial charge >= 0.3 is 5.97 Å². The number of carboxylic acids is 1. The Labute approximate surface area is 102 Å². The molecule has 0 saturated heterocycles. The van der Waals surface area contributed by atoms with Gasteiger partial charge in [0.25, 0.3) is 0 Å². The molecule has 1 N–H and O–H groups in total. The van der Waals surface area contributed by atoms with Gasteiger partial charge in [-0.2, -0.15) is 0 Å². The quantitative estimate of drug-likeness (QED) is 0.667. The van der Waals surface area contributed by atoms with E-state index in [4.69, 9.17) is 5.11 Å². The Morgan fingerprint density at radius 1 is 1.31 bits per heavy atom. The number of hydrogen-bond acceptors (Lipinski definition) is 2. The molecule has 1 aromatic rings. The molecule has 0 saturated carbocycles. The summed E-state index contributed by atoms with van der Waals surface area (Å²) >= 11 is 3.04. The predicted octanol–water partition coefficient (Wildman–Crippen LogP) is 2.51. The third kappa shape index (κ3) is 4.40. The number of ketones is 1. The maximum atomic E-state index is 11.5. The fourth-order valence-electron chi connectivity index (χ4n) is 1.10. The number of carboxylic acid groups (broad SMARTS) is 1. The number of benzene rings is 1. The van der Waals surface area contributed by atoms with Gasteiger partial charge < -0.3 is 5.11 Å². The first-order valence-electron chi connectivity index (χ1n) is 4.72. The van der Waals surface area contributed by atoms with E-state index in [0.717, 1.165) is 5.56 Å². The summed E-state index contributed by atoms with van der Waals surface area (Å²) in [6.07, 6.45) is 2.84. The van der Waals surface area contributed by atoms with Crippen LogP contribution in [0.1, 0.15) is 12.0 Å². The van der Waals surface area contributed by atoms with Crippen LogP contribution in [-0.4, -0.2) is 21.7 Å².